The van der Waals surface area contributed by atoms with Crippen LogP contribution in [0.3, 0.4) is 0 Å². The maximum absolute atomic E-state index is 12.3. The average Bonchev–Trinajstić information content (AvgIpc) is 3.13. The van der Waals surface area contributed by atoms with Crippen molar-refractivity contribution in [3.8, 4) is 17.0 Å². The molecule has 0 radical (unpaired) electrons. The molecule has 1 atom stereocenters. The Morgan fingerprint density at radius 3 is 2.83 bits per heavy atom. The summed E-state index contributed by atoms with van der Waals surface area (Å²) in [6.45, 7) is 6.66. The fourth-order valence-corrected chi connectivity index (χ4v) is 3.37. The summed E-state index contributed by atoms with van der Waals surface area (Å²) in [5.74, 6) is 1.14. The highest BCUT2D eigenvalue weighted by molar-refractivity contribution is 5.72. The van der Waals surface area contributed by atoms with Crippen LogP contribution in [-0.2, 0) is 11.8 Å². The van der Waals surface area contributed by atoms with E-state index in [9.17, 15) is 4.79 Å². The van der Waals surface area contributed by atoms with Gasteiger partial charge >= 0.3 is 6.09 Å². The van der Waals surface area contributed by atoms with Gasteiger partial charge in [-0.1, -0.05) is 0 Å². The highest BCUT2D eigenvalue weighted by Crippen LogP contribution is 2.31. The number of nitrogens with two attached hydrogens (primary N) is 1. The SMILES string of the molecule is Cn1ncc(OC[C@H]2CCN2C(=O)OC(C)(C)C)c1-c1ccn2nc(N)cc2c1. The van der Waals surface area contributed by atoms with E-state index in [4.69, 9.17) is 15.2 Å². The van der Waals surface area contributed by atoms with Gasteiger partial charge in [-0.05, 0) is 39.3 Å². The third-order valence-electron chi connectivity index (χ3n) is 4.86. The quantitative estimate of drug-likeness (QED) is 0.725. The number of likely N-dealkylation sites (tertiary alicyclic amines) is 1. The molecule has 0 aromatic carbocycles. The molecule has 4 heterocycles. The molecule has 4 rings (SSSR count). The van der Waals surface area contributed by atoms with Gasteiger partial charge in [-0.3, -0.25) is 4.68 Å². The van der Waals surface area contributed by atoms with E-state index in [2.05, 4.69) is 10.2 Å². The number of anilines is 1. The lowest BCUT2D eigenvalue weighted by atomic mass is 10.1. The van der Waals surface area contributed by atoms with Crippen molar-refractivity contribution in [1.82, 2.24) is 24.3 Å². The Morgan fingerprint density at radius 2 is 2.14 bits per heavy atom. The number of fused-ring (bicyclic) bond motifs is 1. The van der Waals surface area contributed by atoms with E-state index in [1.807, 2.05) is 52.2 Å². The van der Waals surface area contributed by atoms with Gasteiger partial charge in [0.2, 0.25) is 0 Å². The van der Waals surface area contributed by atoms with Crippen LogP contribution in [0.5, 0.6) is 5.75 Å². The van der Waals surface area contributed by atoms with Crippen LogP contribution in [0.1, 0.15) is 27.2 Å². The molecule has 9 heteroatoms. The Bertz CT molecular complexity index is 1050. The van der Waals surface area contributed by atoms with E-state index in [0.29, 0.717) is 24.7 Å². The first-order valence-corrected chi connectivity index (χ1v) is 9.61. The van der Waals surface area contributed by atoms with Gasteiger partial charge in [0.25, 0.3) is 0 Å². The number of rotatable bonds is 4. The summed E-state index contributed by atoms with van der Waals surface area (Å²) in [6, 6.07) is 5.74. The van der Waals surface area contributed by atoms with Crippen LogP contribution in [0.2, 0.25) is 0 Å². The van der Waals surface area contributed by atoms with Crippen molar-refractivity contribution in [1.29, 1.82) is 0 Å². The zero-order valence-corrected chi connectivity index (χ0v) is 17.1. The number of hydrogen-bond donors (Lipinski definition) is 1. The number of nitrogens with zero attached hydrogens (tertiary/aromatic N) is 5. The summed E-state index contributed by atoms with van der Waals surface area (Å²) in [6.07, 6.45) is 4.14. The third-order valence-corrected chi connectivity index (χ3v) is 4.86. The normalized spacial score (nSPS) is 16.7. The smallest absolute Gasteiger partial charge is 0.410 e. The number of amides is 1. The lowest BCUT2D eigenvalue weighted by molar-refractivity contribution is -0.0141. The summed E-state index contributed by atoms with van der Waals surface area (Å²) in [4.78, 5) is 14.0. The Kier molecular flexibility index (Phi) is 4.60. The average molecular weight is 398 g/mol. The lowest BCUT2D eigenvalue weighted by Crippen LogP contribution is -2.55. The van der Waals surface area contributed by atoms with Gasteiger partial charge < -0.3 is 20.1 Å². The van der Waals surface area contributed by atoms with Crippen LogP contribution in [-0.4, -0.2) is 55.2 Å². The largest absolute Gasteiger partial charge is 0.487 e. The van der Waals surface area contributed by atoms with Crippen LogP contribution >= 0.6 is 0 Å². The van der Waals surface area contributed by atoms with E-state index < -0.39 is 5.60 Å². The van der Waals surface area contributed by atoms with Crippen LogP contribution < -0.4 is 10.5 Å². The molecule has 0 unspecified atom stereocenters. The number of pyridine rings is 1. The zero-order valence-electron chi connectivity index (χ0n) is 17.1. The lowest BCUT2D eigenvalue weighted by Gasteiger charge is -2.40. The minimum Gasteiger partial charge on any atom is -0.487 e. The molecule has 0 saturated carbocycles. The molecule has 1 amide bonds. The number of hydrogen-bond acceptors (Lipinski definition) is 6. The van der Waals surface area contributed by atoms with E-state index in [1.54, 1.807) is 20.3 Å². The molecule has 3 aromatic heterocycles. The Hall–Kier alpha value is -3.23. The molecule has 9 nitrogen and oxygen atoms in total. The number of aromatic nitrogens is 4. The number of carbonyl (C=O) groups is 1. The van der Waals surface area contributed by atoms with Crippen molar-refractivity contribution >= 4 is 17.4 Å². The van der Waals surface area contributed by atoms with E-state index in [1.165, 1.54) is 0 Å². The van der Waals surface area contributed by atoms with E-state index >= 15 is 0 Å². The summed E-state index contributed by atoms with van der Waals surface area (Å²) in [5.41, 5.74) is 7.97. The molecule has 29 heavy (non-hydrogen) atoms. The second kappa shape index (κ2) is 6.98. The molecular weight excluding hydrogens is 372 g/mol. The fourth-order valence-electron chi connectivity index (χ4n) is 3.37. The molecule has 1 aliphatic rings. The highest BCUT2D eigenvalue weighted by Gasteiger charge is 2.36. The molecule has 1 fully saturated rings. The molecule has 0 spiro atoms. The summed E-state index contributed by atoms with van der Waals surface area (Å²) < 4.78 is 15.0. The standard InChI is InChI=1S/C20H26N6O3/c1-20(2,3)29-19(27)25-7-6-14(25)12-28-16-11-22-24(4)18(16)13-5-8-26-15(9-13)10-17(21)23-26/h5,8-11,14H,6-7,12H2,1-4H3,(H2,21,23)/t14-/m1/s1. The molecule has 154 valence electrons. The molecule has 1 aliphatic heterocycles. The first-order chi connectivity index (χ1) is 13.7. The topological polar surface area (TPSA) is 99.9 Å². The van der Waals surface area contributed by atoms with Crippen LogP contribution in [0.4, 0.5) is 10.6 Å². The third kappa shape index (κ3) is 3.85. The van der Waals surface area contributed by atoms with Crippen molar-refractivity contribution in [3.63, 3.8) is 0 Å². The van der Waals surface area contributed by atoms with Gasteiger partial charge in [0.05, 0.1) is 17.8 Å². The minimum absolute atomic E-state index is 0.00462. The fraction of sp³-hybridized carbons (Fsp3) is 0.450. The molecular formula is C20H26N6O3. The van der Waals surface area contributed by atoms with Crippen molar-refractivity contribution < 1.29 is 14.3 Å². The van der Waals surface area contributed by atoms with Crippen LogP contribution in [0.15, 0.2) is 30.6 Å². The Balaban J connectivity index is 1.48. The second-order valence-electron chi connectivity index (χ2n) is 8.26. The van der Waals surface area contributed by atoms with Gasteiger partial charge in [-0.25, -0.2) is 9.31 Å². The minimum atomic E-state index is -0.510. The Morgan fingerprint density at radius 1 is 1.34 bits per heavy atom. The summed E-state index contributed by atoms with van der Waals surface area (Å²) in [5, 5.41) is 8.54. The van der Waals surface area contributed by atoms with E-state index in [0.717, 1.165) is 23.2 Å². The molecule has 2 N–H and O–H groups in total. The van der Waals surface area contributed by atoms with Crippen molar-refractivity contribution in [2.75, 3.05) is 18.9 Å². The van der Waals surface area contributed by atoms with Gasteiger partial charge in [0, 0.05) is 31.4 Å². The second-order valence-corrected chi connectivity index (χ2v) is 8.26. The molecule has 3 aromatic rings. The van der Waals surface area contributed by atoms with Gasteiger partial charge in [0.15, 0.2) is 5.75 Å². The Labute approximate surface area is 169 Å². The van der Waals surface area contributed by atoms with Gasteiger partial charge in [-0.2, -0.15) is 10.2 Å². The van der Waals surface area contributed by atoms with E-state index in [-0.39, 0.29) is 12.1 Å². The van der Waals surface area contributed by atoms with Crippen molar-refractivity contribution in [2.45, 2.75) is 38.8 Å². The van der Waals surface area contributed by atoms with Crippen LogP contribution in [0, 0.1) is 0 Å². The van der Waals surface area contributed by atoms with Crippen LogP contribution in [0.25, 0.3) is 16.8 Å². The monoisotopic (exact) mass is 398 g/mol. The number of carbonyl (C=O) groups excluding carboxylic acids is 1. The molecule has 1 saturated heterocycles. The van der Waals surface area contributed by atoms with Gasteiger partial charge in [-0.15, -0.1) is 0 Å². The van der Waals surface area contributed by atoms with Crippen molar-refractivity contribution in [3.05, 3.63) is 30.6 Å². The first kappa shape index (κ1) is 19.1. The number of aryl methyl sites for hydroxylation is 1. The predicted octanol–water partition coefficient (Wildman–Crippen LogP) is 2.71. The summed E-state index contributed by atoms with van der Waals surface area (Å²) >= 11 is 0. The predicted molar refractivity (Wildman–Crippen MR) is 109 cm³/mol. The maximum atomic E-state index is 12.3. The zero-order chi connectivity index (χ0) is 20.8. The summed E-state index contributed by atoms with van der Waals surface area (Å²) in [7, 11) is 1.87. The molecule has 0 bridgehead atoms. The maximum Gasteiger partial charge on any atom is 0.410 e. The number of nitrogen functional groups attached to an aromatic ring is 1. The first-order valence-electron chi connectivity index (χ1n) is 9.61. The highest BCUT2D eigenvalue weighted by atomic mass is 16.6. The van der Waals surface area contributed by atoms with Crippen molar-refractivity contribution in [2.24, 2.45) is 7.05 Å². The molecule has 0 aliphatic carbocycles. The van der Waals surface area contributed by atoms with Gasteiger partial charge in [0.1, 0.15) is 23.7 Å². The number of ether oxygens (including phenoxy) is 2.